The van der Waals surface area contributed by atoms with Crippen LogP contribution in [0.4, 0.5) is 13.2 Å². The maximum Gasteiger partial charge on any atom is 0.573 e. The highest BCUT2D eigenvalue weighted by atomic mass is 79.9. The van der Waals surface area contributed by atoms with Gasteiger partial charge < -0.3 is 10.5 Å². The van der Waals surface area contributed by atoms with Gasteiger partial charge in [0.25, 0.3) is 0 Å². The summed E-state index contributed by atoms with van der Waals surface area (Å²) in [5.74, 6) is 0.0417. The normalized spacial score (nSPS) is 18.3. The third-order valence-electron chi connectivity index (χ3n) is 3.21. The Kier molecular flexibility index (Phi) is 3.87. The van der Waals surface area contributed by atoms with Crippen molar-refractivity contribution in [1.29, 1.82) is 0 Å². The van der Waals surface area contributed by atoms with Gasteiger partial charge in [-0.05, 0) is 37.0 Å². The quantitative estimate of drug-likeness (QED) is 0.907. The van der Waals surface area contributed by atoms with E-state index in [1.54, 1.807) is 6.07 Å². The second-order valence-corrected chi connectivity index (χ2v) is 5.36. The summed E-state index contributed by atoms with van der Waals surface area (Å²) in [5.41, 5.74) is 6.43. The van der Waals surface area contributed by atoms with Gasteiger partial charge >= 0.3 is 6.36 Å². The number of rotatable bonds is 3. The average Bonchev–Trinajstić information content (AvgIpc) is 2.16. The maximum atomic E-state index is 12.3. The van der Waals surface area contributed by atoms with E-state index in [-0.39, 0.29) is 11.7 Å². The summed E-state index contributed by atoms with van der Waals surface area (Å²) in [6.07, 6.45) is -1.69. The molecule has 2 N–H and O–H groups in total. The number of alkyl halides is 3. The first kappa shape index (κ1) is 13.7. The molecule has 1 aliphatic carbocycles. The smallest absolute Gasteiger partial charge is 0.405 e. The Labute approximate surface area is 111 Å². The van der Waals surface area contributed by atoms with E-state index in [0.717, 1.165) is 19.3 Å². The summed E-state index contributed by atoms with van der Waals surface area (Å²) in [7, 11) is 0. The Morgan fingerprint density at radius 2 is 2.00 bits per heavy atom. The molecular formula is C12H13BrF3NO. The molecule has 18 heavy (non-hydrogen) atoms. The lowest BCUT2D eigenvalue weighted by Crippen LogP contribution is -2.28. The molecule has 1 aromatic rings. The molecule has 0 heterocycles. The molecule has 0 aliphatic heterocycles. The summed E-state index contributed by atoms with van der Waals surface area (Å²) in [6.45, 7) is 0. The van der Waals surface area contributed by atoms with Crippen LogP contribution in [0.3, 0.4) is 0 Å². The first-order valence-corrected chi connectivity index (χ1v) is 6.47. The van der Waals surface area contributed by atoms with Crippen LogP contribution in [0.15, 0.2) is 22.7 Å². The van der Waals surface area contributed by atoms with E-state index in [1.807, 2.05) is 0 Å². The van der Waals surface area contributed by atoms with Gasteiger partial charge in [0.1, 0.15) is 5.75 Å². The monoisotopic (exact) mass is 323 g/mol. The highest BCUT2D eigenvalue weighted by Crippen LogP contribution is 2.41. The molecule has 1 aliphatic rings. The molecule has 0 radical (unpaired) electrons. The van der Waals surface area contributed by atoms with Gasteiger partial charge in [-0.1, -0.05) is 22.4 Å². The molecule has 0 unspecified atom stereocenters. The van der Waals surface area contributed by atoms with E-state index in [0.29, 0.717) is 10.0 Å². The van der Waals surface area contributed by atoms with E-state index < -0.39 is 12.4 Å². The fourth-order valence-corrected chi connectivity index (χ4v) is 2.43. The zero-order valence-corrected chi connectivity index (χ0v) is 11.1. The van der Waals surface area contributed by atoms with Crippen molar-refractivity contribution in [2.45, 2.75) is 31.7 Å². The van der Waals surface area contributed by atoms with Gasteiger partial charge in [0.05, 0.1) is 0 Å². The lowest BCUT2D eigenvalue weighted by Gasteiger charge is -2.32. The van der Waals surface area contributed by atoms with Crippen LogP contribution in [0.5, 0.6) is 5.75 Å². The van der Waals surface area contributed by atoms with Crippen LogP contribution in [0.25, 0.3) is 0 Å². The maximum absolute atomic E-state index is 12.3. The fourth-order valence-electron chi connectivity index (χ4n) is 2.05. The number of hydrogen-bond acceptors (Lipinski definition) is 2. The molecular weight excluding hydrogens is 311 g/mol. The Balaban J connectivity index is 2.27. The van der Waals surface area contributed by atoms with Crippen LogP contribution in [-0.4, -0.2) is 6.36 Å². The van der Waals surface area contributed by atoms with Crippen LogP contribution in [0, 0.1) is 5.92 Å². The van der Waals surface area contributed by atoms with Gasteiger partial charge in [0.15, 0.2) is 0 Å². The Morgan fingerprint density at radius 3 is 2.50 bits per heavy atom. The second kappa shape index (κ2) is 5.09. The van der Waals surface area contributed by atoms with Gasteiger partial charge in [-0.2, -0.15) is 0 Å². The zero-order valence-electron chi connectivity index (χ0n) is 9.51. The SMILES string of the molecule is N[C@H](c1cc(Br)ccc1OC(F)(F)F)C1CCC1. The van der Waals surface area contributed by atoms with Crippen molar-refractivity contribution in [2.24, 2.45) is 11.7 Å². The molecule has 0 spiro atoms. The summed E-state index contributed by atoms with van der Waals surface area (Å²) < 4.78 is 41.6. The third kappa shape index (κ3) is 3.17. The van der Waals surface area contributed by atoms with Crippen LogP contribution >= 0.6 is 15.9 Å². The van der Waals surface area contributed by atoms with Crippen molar-refractivity contribution in [1.82, 2.24) is 0 Å². The summed E-state index contributed by atoms with van der Waals surface area (Å²) >= 11 is 3.24. The molecule has 2 rings (SSSR count). The lowest BCUT2D eigenvalue weighted by molar-refractivity contribution is -0.275. The number of benzene rings is 1. The topological polar surface area (TPSA) is 35.2 Å². The largest absolute Gasteiger partial charge is 0.573 e. The zero-order chi connectivity index (χ0) is 13.3. The fraction of sp³-hybridized carbons (Fsp3) is 0.500. The molecule has 0 amide bonds. The number of ether oxygens (including phenoxy) is 1. The van der Waals surface area contributed by atoms with Crippen LogP contribution in [0.1, 0.15) is 30.9 Å². The van der Waals surface area contributed by atoms with Gasteiger partial charge in [-0.25, -0.2) is 0 Å². The lowest BCUT2D eigenvalue weighted by atomic mass is 9.77. The van der Waals surface area contributed by atoms with Crippen LogP contribution in [-0.2, 0) is 0 Å². The van der Waals surface area contributed by atoms with Gasteiger partial charge in [0.2, 0.25) is 0 Å². The minimum atomic E-state index is -4.69. The Morgan fingerprint density at radius 1 is 1.33 bits per heavy atom. The van der Waals surface area contributed by atoms with E-state index in [9.17, 15) is 13.2 Å². The van der Waals surface area contributed by atoms with Crippen molar-refractivity contribution >= 4 is 15.9 Å². The molecule has 2 nitrogen and oxygen atoms in total. The van der Waals surface area contributed by atoms with E-state index in [2.05, 4.69) is 20.7 Å². The first-order chi connectivity index (χ1) is 8.37. The number of halogens is 4. The highest BCUT2D eigenvalue weighted by Gasteiger charge is 2.34. The molecule has 0 saturated heterocycles. The van der Waals surface area contributed by atoms with Crippen LogP contribution < -0.4 is 10.5 Å². The van der Waals surface area contributed by atoms with E-state index >= 15 is 0 Å². The predicted octanol–water partition coefficient (Wildman–Crippen LogP) is 4.15. The minimum absolute atomic E-state index is 0.204. The number of nitrogens with two attached hydrogens (primary N) is 1. The summed E-state index contributed by atoms with van der Waals surface area (Å²) in [5, 5.41) is 0. The van der Waals surface area contributed by atoms with Crippen LogP contribution in [0.2, 0.25) is 0 Å². The minimum Gasteiger partial charge on any atom is -0.405 e. The Bertz CT molecular complexity index is 432. The Hall–Kier alpha value is -0.750. The third-order valence-corrected chi connectivity index (χ3v) is 3.71. The second-order valence-electron chi connectivity index (χ2n) is 4.45. The van der Waals surface area contributed by atoms with Crippen molar-refractivity contribution in [3.63, 3.8) is 0 Å². The number of hydrogen-bond donors (Lipinski definition) is 1. The molecule has 1 aromatic carbocycles. The summed E-state index contributed by atoms with van der Waals surface area (Å²) in [6, 6.07) is 4.00. The van der Waals surface area contributed by atoms with Gasteiger partial charge in [0, 0.05) is 16.1 Å². The molecule has 1 atom stereocenters. The molecule has 0 bridgehead atoms. The highest BCUT2D eigenvalue weighted by molar-refractivity contribution is 9.10. The van der Waals surface area contributed by atoms with E-state index in [4.69, 9.17) is 5.73 Å². The summed E-state index contributed by atoms with van der Waals surface area (Å²) in [4.78, 5) is 0. The van der Waals surface area contributed by atoms with E-state index in [1.165, 1.54) is 12.1 Å². The molecule has 6 heteroatoms. The standard InChI is InChI=1S/C12H13BrF3NO/c13-8-4-5-10(18-12(14,15)16)9(6-8)11(17)7-2-1-3-7/h4-7,11H,1-3,17H2/t11-/m0/s1. The van der Waals surface area contributed by atoms with Crippen molar-refractivity contribution in [2.75, 3.05) is 0 Å². The van der Waals surface area contributed by atoms with Crippen molar-refractivity contribution < 1.29 is 17.9 Å². The molecule has 0 aromatic heterocycles. The molecule has 1 saturated carbocycles. The van der Waals surface area contributed by atoms with Crippen molar-refractivity contribution in [3.8, 4) is 5.75 Å². The van der Waals surface area contributed by atoms with Gasteiger partial charge in [-0.3, -0.25) is 0 Å². The first-order valence-electron chi connectivity index (χ1n) is 5.67. The average molecular weight is 324 g/mol. The predicted molar refractivity (Wildman–Crippen MR) is 65.1 cm³/mol. The van der Waals surface area contributed by atoms with Gasteiger partial charge in [-0.15, -0.1) is 13.2 Å². The van der Waals surface area contributed by atoms with Crippen molar-refractivity contribution in [3.05, 3.63) is 28.2 Å². The molecule has 100 valence electrons. The molecule has 1 fully saturated rings.